The Morgan fingerprint density at radius 1 is 1.26 bits per heavy atom. The highest BCUT2D eigenvalue weighted by Crippen LogP contribution is 2.26. The number of anilines is 1. The number of fused-ring (bicyclic) bond motifs is 1. The number of amides is 1. The standard InChI is InChI=1S/C20H23N5O5S/c1-3-14-9-30-10-19(27)25(14)18-7-13(11-31(2,28)29)22-20(24-18)16-5-4-15-17(23-16)6-12(8-26)21-15/h4-7,14,21,26H,3,8-11H2,1-2H3/t14-/m0/s1. The number of aromatic amines is 1. The van der Waals surface area contributed by atoms with Crippen LogP contribution in [0, 0.1) is 0 Å². The minimum Gasteiger partial charge on any atom is -0.390 e. The molecule has 3 aromatic heterocycles. The topological polar surface area (TPSA) is 138 Å². The summed E-state index contributed by atoms with van der Waals surface area (Å²) < 4.78 is 29.2. The molecule has 1 aliphatic rings. The van der Waals surface area contributed by atoms with Gasteiger partial charge in [0.15, 0.2) is 15.7 Å². The summed E-state index contributed by atoms with van der Waals surface area (Å²) in [4.78, 5) is 30.7. The van der Waals surface area contributed by atoms with E-state index in [4.69, 9.17) is 4.74 Å². The molecule has 1 saturated heterocycles. The molecule has 2 N–H and O–H groups in total. The van der Waals surface area contributed by atoms with Gasteiger partial charge < -0.3 is 14.8 Å². The molecule has 4 heterocycles. The third-order valence-corrected chi connectivity index (χ3v) is 5.81. The highest BCUT2D eigenvalue weighted by molar-refractivity contribution is 7.89. The van der Waals surface area contributed by atoms with E-state index in [0.717, 1.165) is 11.8 Å². The first-order valence-corrected chi connectivity index (χ1v) is 11.9. The number of nitrogens with zero attached hydrogens (tertiary/aromatic N) is 4. The Labute approximate surface area is 179 Å². The van der Waals surface area contributed by atoms with Gasteiger partial charge in [-0.25, -0.2) is 23.4 Å². The Kier molecular flexibility index (Phi) is 5.73. The zero-order valence-electron chi connectivity index (χ0n) is 17.2. The minimum absolute atomic E-state index is 0.0608. The number of aliphatic hydroxyl groups is 1. The highest BCUT2D eigenvalue weighted by Gasteiger charge is 2.31. The van der Waals surface area contributed by atoms with E-state index in [0.29, 0.717) is 35.8 Å². The lowest BCUT2D eigenvalue weighted by Gasteiger charge is -2.34. The maximum absolute atomic E-state index is 12.6. The second-order valence-electron chi connectivity index (χ2n) is 7.53. The molecule has 4 rings (SSSR count). The second kappa shape index (κ2) is 8.33. The summed E-state index contributed by atoms with van der Waals surface area (Å²) in [6.07, 6.45) is 1.79. The third kappa shape index (κ3) is 4.58. The Bertz CT molecular complexity index is 1240. The normalized spacial score (nSPS) is 17.5. The van der Waals surface area contributed by atoms with E-state index >= 15 is 0 Å². The van der Waals surface area contributed by atoms with Gasteiger partial charge in [0.25, 0.3) is 5.91 Å². The molecule has 10 nitrogen and oxygen atoms in total. The number of pyridine rings is 1. The minimum atomic E-state index is -3.36. The highest BCUT2D eigenvalue weighted by atomic mass is 32.2. The average molecular weight is 446 g/mol. The Morgan fingerprint density at radius 2 is 2.06 bits per heavy atom. The summed E-state index contributed by atoms with van der Waals surface area (Å²) in [6, 6.07) is 6.55. The summed E-state index contributed by atoms with van der Waals surface area (Å²) >= 11 is 0. The number of aliphatic hydroxyl groups excluding tert-OH is 1. The average Bonchev–Trinajstić information content (AvgIpc) is 3.14. The molecular weight excluding hydrogens is 422 g/mol. The van der Waals surface area contributed by atoms with Crippen molar-refractivity contribution in [1.82, 2.24) is 19.9 Å². The molecule has 1 amide bonds. The first-order chi connectivity index (χ1) is 14.8. The Morgan fingerprint density at radius 3 is 2.77 bits per heavy atom. The van der Waals surface area contributed by atoms with E-state index in [9.17, 15) is 18.3 Å². The van der Waals surface area contributed by atoms with Gasteiger partial charge in [0.2, 0.25) is 0 Å². The predicted molar refractivity (Wildman–Crippen MR) is 114 cm³/mol. The van der Waals surface area contributed by atoms with E-state index in [1.54, 1.807) is 23.1 Å². The molecule has 1 atom stereocenters. The second-order valence-corrected chi connectivity index (χ2v) is 9.67. The maximum atomic E-state index is 12.6. The van der Waals surface area contributed by atoms with Gasteiger partial charge in [0, 0.05) is 18.0 Å². The van der Waals surface area contributed by atoms with Gasteiger partial charge in [-0.15, -0.1) is 0 Å². The molecule has 3 aromatic rings. The van der Waals surface area contributed by atoms with Crippen molar-refractivity contribution in [3.8, 4) is 11.5 Å². The maximum Gasteiger partial charge on any atom is 0.254 e. The van der Waals surface area contributed by atoms with Gasteiger partial charge in [0.1, 0.15) is 18.1 Å². The number of sulfone groups is 1. The van der Waals surface area contributed by atoms with Crippen LogP contribution in [0.5, 0.6) is 0 Å². The van der Waals surface area contributed by atoms with Gasteiger partial charge in [-0.1, -0.05) is 6.92 Å². The van der Waals surface area contributed by atoms with Crippen LogP contribution in [0.15, 0.2) is 24.3 Å². The molecule has 1 fully saturated rings. The smallest absolute Gasteiger partial charge is 0.254 e. The summed E-state index contributed by atoms with van der Waals surface area (Å²) in [6.45, 7) is 2.11. The molecule has 1 aliphatic heterocycles. The molecule has 0 radical (unpaired) electrons. The van der Waals surface area contributed by atoms with Crippen LogP contribution in [0.25, 0.3) is 22.6 Å². The lowest BCUT2D eigenvalue weighted by molar-refractivity contribution is -0.127. The van der Waals surface area contributed by atoms with E-state index in [-0.39, 0.29) is 42.4 Å². The van der Waals surface area contributed by atoms with Crippen LogP contribution in [0.3, 0.4) is 0 Å². The van der Waals surface area contributed by atoms with Gasteiger partial charge in [-0.05, 0) is 24.6 Å². The molecule has 0 unspecified atom stereocenters. The lowest BCUT2D eigenvalue weighted by atomic mass is 10.1. The van der Waals surface area contributed by atoms with Crippen molar-refractivity contribution in [1.29, 1.82) is 0 Å². The predicted octanol–water partition coefficient (Wildman–Crippen LogP) is 1.20. The van der Waals surface area contributed by atoms with Gasteiger partial charge in [-0.3, -0.25) is 9.69 Å². The zero-order valence-corrected chi connectivity index (χ0v) is 18.0. The van der Waals surface area contributed by atoms with Crippen LogP contribution in [-0.4, -0.2) is 64.9 Å². The number of hydrogen-bond acceptors (Lipinski definition) is 8. The fraction of sp³-hybridized carbons (Fsp3) is 0.400. The summed E-state index contributed by atoms with van der Waals surface area (Å²) in [5, 5.41) is 9.33. The van der Waals surface area contributed by atoms with Crippen molar-refractivity contribution in [3.63, 3.8) is 0 Å². The number of H-pyrrole nitrogens is 1. The quantitative estimate of drug-likeness (QED) is 0.577. The number of ether oxygens (including phenoxy) is 1. The van der Waals surface area contributed by atoms with Crippen molar-refractivity contribution in [2.24, 2.45) is 0 Å². The largest absolute Gasteiger partial charge is 0.390 e. The number of nitrogens with one attached hydrogen (secondary N) is 1. The van der Waals surface area contributed by atoms with Gasteiger partial charge in [-0.2, -0.15) is 0 Å². The van der Waals surface area contributed by atoms with Crippen LogP contribution in [-0.2, 0) is 31.7 Å². The number of rotatable bonds is 6. The van der Waals surface area contributed by atoms with E-state index in [1.807, 2.05) is 6.92 Å². The summed E-state index contributed by atoms with van der Waals surface area (Å²) in [7, 11) is -3.36. The fourth-order valence-electron chi connectivity index (χ4n) is 3.58. The SMILES string of the molecule is CC[C@H]1COCC(=O)N1c1cc(CS(C)(=O)=O)nc(-c2ccc3[nH]c(CO)cc3n2)n1. The van der Waals surface area contributed by atoms with Crippen LogP contribution >= 0.6 is 0 Å². The molecule has 0 bridgehead atoms. The van der Waals surface area contributed by atoms with Crippen molar-refractivity contribution < 1.29 is 23.1 Å². The van der Waals surface area contributed by atoms with Crippen molar-refractivity contribution >= 4 is 32.6 Å². The third-order valence-electron chi connectivity index (χ3n) is 4.99. The van der Waals surface area contributed by atoms with Crippen LogP contribution < -0.4 is 4.90 Å². The van der Waals surface area contributed by atoms with Crippen LogP contribution in [0.2, 0.25) is 0 Å². The molecule has 0 aliphatic carbocycles. The number of carbonyl (C=O) groups is 1. The van der Waals surface area contributed by atoms with E-state index in [1.165, 1.54) is 6.07 Å². The molecular formula is C20H23N5O5S. The van der Waals surface area contributed by atoms with Crippen molar-refractivity contribution in [2.45, 2.75) is 31.7 Å². The Hall–Kier alpha value is -2.89. The summed E-state index contributed by atoms with van der Waals surface area (Å²) in [5.41, 5.74) is 2.70. The van der Waals surface area contributed by atoms with Crippen molar-refractivity contribution in [3.05, 3.63) is 35.7 Å². The summed E-state index contributed by atoms with van der Waals surface area (Å²) in [5.74, 6) is 0.0239. The Balaban J connectivity index is 1.84. The molecule has 164 valence electrons. The first-order valence-electron chi connectivity index (χ1n) is 9.82. The molecule has 11 heteroatoms. The number of carbonyl (C=O) groups excluding carboxylic acids is 1. The molecule has 0 spiro atoms. The van der Waals surface area contributed by atoms with Gasteiger partial charge >= 0.3 is 0 Å². The fourth-order valence-corrected chi connectivity index (χ4v) is 4.27. The van der Waals surface area contributed by atoms with Crippen LogP contribution in [0.1, 0.15) is 24.7 Å². The van der Waals surface area contributed by atoms with Gasteiger partial charge in [0.05, 0.1) is 41.7 Å². The molecule has 0 saturated carbocycles. The monoisotopic (exact) mass is 445 g/mol. The van der Waals surface area contributed by atoms with Crippen molar-refractivity contribution in [2.75, 3.05) is 24.4 Å². The van der Waals surface area contributed by atoms with E-state index in [2.05, 4.69) is 19.9 Å². The van der Waals surface area contributed by atoms with Crippen LogP contribution in [0.4, 0.5) is 5.82 Å². The lowest BCUT2D eigenvalue weighted by Crippen LogP contribution is -2.49. The number of morpholine rings is 1. The molecule has 0 aromatic carbocycles. The number of aromatic nitrogens is 4. The first kappa shape index (κ1) is 21.3. The van der Waals surface area contributed by atoms with E-state index < -0.39 is 9.84 Å². The molecule has 31 heavy (non-hydrogen) atoms. The number of hydrogen-bond donors (Lipinski definition) is 2. The zero-order chi connectivity index (χ0) is 22.2.